The van der Waals surface area contributed by atoms with Gasteiger partial charge in [-0.15, -0.1) is 0 Å². The SMILES string of the molecule is CC(C)(Oc1ccccc1Oc1ccc([N+](=O)[O-])cc1)C(=O)NCCO. The van der Waals surface area contributed by atoms with E-state index in [1.807, 2.05) is 0 Å². The Balaban J connectivity index is 2.16. The van der Waals surface area contributed by atoms with Crippen LogP contribution in [0.15, 0.2) is 48.5 Å². The van der Waals surface area contributed by atoms with Crippen molar-refractivity contribution in [1.29, 1.82) is 0 Å². The summed E-state index contributed by atoms with van der Waals surface area (Å²) in [5.74, 6) is 0.727. The number of hydrogen-bond acceptors (Lipinski definition) is 6. The van der Waals surface area contributed by atoms with Crippen molar-refractivity contribution < 1.29 is 24.3 Å². The minimum absolute atomic E-state index is 0.0384. The van der Waals surface area contributed by atoms with Crippen molar-refractivity contribution in [2.75, 3.05) is 13.2 Å². The summed E-state index contributed by atoms with van der Waals surface area (Å²) >= 11 is 0. The zero-order chi connectivity index (χ0) is 19.2. The number of hydrogen-bond donors (Lipinski definition) is 2. The van der Waals surface area contributed by atoms with Crippen LogP contribution in [0.4, 0.5) is 5.69 Å². The molecule has 2 aromatic rings. The molecule has 0 aromatic heterocycles. The normalized spacial score (nSPS) is 10.9. The van der Waals surface area contributed by atoms with E-state index < -0.39 is 10.5 Å². The second-order valence-corrected chi connectivity index (χ2v) is 5.89. The summed E-state index contributed by atoms with van der Waals surface area (Å²) in [4.78, 5) is 22.4. The van der Waals surface area contributed by atoms with Crippen molar-refractivity contribution in [3.05, 3.63) is 58.6 Å². The van der Waals surface area contributed by atoms with E-state index in [4.69, 9.17) is 14.6 Å². The van der Waals surface area contributed by atoms with E-state index in [0.29, 0.717) is 17.2 Å². The van der Waals surface area contributed by atoms with E-state index in [1.165, 1.54) is 24.3 Å². The van der Waals surface area contributed by atoms with Gasteiger partial charge in [0.25, 0.3) is 11.6 Å². The van der Waals surface area contributed by atoms with Gasteiger partial charge in [0.05, 0.1) is 11.5 Å². The number of ether oxygens (including phenoxy) is 2. The number of aliphatic hydroxyl groups is 1. The summed E-state index contributed by atoms with van der Waals surface area (Å²) in [6, 6.07) is 12.4. The number of nitrogens with zero attached hydrogens (tertiary/aromatic N) is 1. The molecule has 0 heterocycles. The van der Waals surface area contributed by atoms with Crippen LogP contribution in [-0.4, -0.2) is 34.7 Å². The minimum atomic E-state index is -1.19. The van der Waals surface area contributed by atoms with Crippen molar-refractivity contribution in [2.24, 2.45) is 0 Å². The van der Waals surface area contributed by atoms with Crippen LogP contribution in [0.3, 0.4) is 0 Å². The summed E-state index contributed by atoms with van der Waals surface area (Å²) in [5, 5.41) is 22.1. The summed E-state index contributed by atoms with van der Waals surface area (Å²) in [5.41, 5.74) is -1.23. The Kier molecular flexibility index (Phi) is 6.13. The maximum atomic E-state index is 12.1. The van der Waals surface area contributed by atoms with Crippen LogP contribution < -0.4 is 14.8 Å². The monoisotopic (exact) mass is 360 g/mol. The van der Waals surface area contributed by atoms with E-state index in [1.54, 1.807) is 38.1 Å². The fraction of sp³-hybridized carbons (Fsp3) is 0.278. The molecule has 0 aliphatic rings. The lowest BCUT2D eigenvalue weighted by Gasteiger charge is -2.26. The first-order valence-corrected chi connectivity index (χ1v) is 7.93. The minimum Gasteiger partial charge on any atom is -0.474 e. The number of para-hydroxylation sites is 2. The third kappa shape index (κ3) is 4.93. The van der Waals surface area contributed by atoms with E-state index >= 15 is 0 Å². The van der Waals surface area contributed by atoms with Gasteiger partial charge in [0.2, 0.25) is 0 Å². The Bertz CT molecular complexity index is 774. The Hall–Kier alpha value is -3.13. The van der Waals surface area contributed by atoms with Crippen LogP contribution in [0.5, 0.6) is 17.2 Å². The first-order chi connectivity index (χ1) is 12.3. The fourth-order valence-corrected chi connectivity index (χ4v) is 2.09. The van der Waals surface area contributed by atoms with Crippen molar-refractivity contribution >= 4 is 11.6 Å². The molecule has 0 saturated carbocycles. The lowest BCUT2D eigenvalue weighted by molar-refractivity contribution is -0.384. The number of benzene rings is 2. The van der Waals surface area contributed by atoms with Gasteiger partial charge in [-0.3, -0.25) is 14.9 Å². The zero-order valence-electron chi connectivity index (χ0n) is 14.5. The maximum absolute atomic E-state index is 12.1. The number of amides is 1. The zero-order valence-corrected chi connectivity index (χ0v) is 14.5. The second kappa shape index (κ2) is 8.30. The number of nitro benzene ring substituents is 1. The number of rotatable bonds is 8. The number of carbonyl (C=O) groups is 1. The average molecular weight is 360 g/mol. The molecule has 0 atom stereocenters. The van der Waals surface area contributed by atoms with E-state index in [-0.39, 0.29) is 24.7 Å². The van der Waals surface area contributed by atoms with Gasteiger partial charge in [0.15, 0.2) is 17.1 Å². The Morgan fingerprint density at radius 2 is 1.77 bits per heavy atom. The summed E-state index contributed by atoms with van der Waals surface area (Å²) in [6.45, 7) is 3.17. The van der Waals surface area contributed by atoms with E-state index in [2.05, 4.69) is 5.32 Å². The molecule has 0 fully saturated rings. The molecule has 0 spiro atoms. The molecule has 2 aromatic carbocycles. The molecular weight excluding hydrogens is 340 g/mol. The average Bonchev–Trinajstić information content (AvgIpc) is 2.61. The van der Waals surface area contributed by atoms with Gasteiger partial charge >= 0.3 is 0 Å². The van der Waals surface area contributed by atoms with Gasteiger partial charge < -0.3 is 19.9 Å². The van der Waals surface area contributed by atoms with Gasteiger partial charge in [-0.1, -0.05) is 12.1 Å². The lowest BCUT2D eigenvalue weighted by Crippen LogP contribution is -2.47. The number of nitrogens with one attached hydrogen (secondary N) is 1. The molecule has 2 N–H and O–H groups in total. The molecule has 8 nitrogen and oxygen atoms in total. The molecule has 1 amide bonds. The van der Waals surface area contributed by atoms with Gasteiger partial charge in [-0.2, -0.15) is 0 Å². The number of carbonyl (C=O) groups excluding carboxylic acids is 1. The van der Waals surface area contributed by atoms with Crippen LogP contribution in [0, 0.1) is 10.1 Å². The highest BCUT2D eigenvalue weighted by molar-refractivity contribution is 5.84. The molecule has 0 aliphatic carbocycles. The van der Waals surface area contributed by atoms with Gasteiger partial charge in [0, 0.05) is 18.7 Å². The van der Waals surface area contributed by atoms with Crippen molar-refractivity contribution in [3.8, 4) is 17.2 Å². The highest BCUT2D eigenvalue weighted by Gasteiger charge is 2.30. The van der Waals surface area contributed by atoms with Crippen LogP contribution in [0.25, 0.3) is 0 Å². The molecule has 0 radical (unpaired) electrons. The molecule has 0 saturated heterocycles. The molecule has 138 valence electrons. The number of non-ortho nitro benzene ring substituents is 1. The Labute approximate surface area is 150 Å². The molecule has 0 bridgehead atoms. The first kappa shape index (κ1) is 19.2. The highest BCUT2D eigenvalue weighted by Crippen LogP contribution is 2.34. The number of nitro groups is 1. The van der Waals surface area contributed by atoms with Crippen LogP contribution in [-0.2, 0) is 4.79 Å². The summed E-state index contributed by atoms with van der Waals surface area (Å²) in [6.07, 6.45) is 0. The Morgan fingerprint density at radius 3 is 2.35 bits per heavy atom. The molecule has 26 heavy (non-hydrogen) atoms. The molecule has 8 heteroatoms. The third-order valence-corrected chi connectivity index (χ3v) is 3.43. The van der Waals surface area contributed by atoms with E-state index in [9.17, 15) is 14.9 Å². The second-order valence-electron chi connectivity index (χ2n) is 5.89. The first-order valence-electron chi connectivity index (χ1n) is 7.93. The standard InChI is InChI=1S/C18H20N2O6/c1-18(2,17(22)19-11-12-21)26-16-6-4-3-5-15(16)25-14-9-7-13(8-10-14)20(23)24/h3-10,21H,11-12H2,1-2H3,(H,19,22). The van der Waals surface area contributed by atoms with Crippen LogP contribution >= 0.6 is 0 Å². The fourth-order valence-electron chi connectivity index (χ4n) is 2.09. The van der Waals surface area contributed by atoms with E-state index in [0.717, 1.165) is 0 Å². The molecular formula is C18H20N2O6. The van der Waals surface area contributed by atoms with Crippen LogP contribution in [0.2, 0.25) is 0 Å². The van der Waals surface area contributed by atoms with Crippen molar-refractivity contribution in [3.63, 3.8) is 0 Å². The predicted octanol–water partition coefficient (Wildman–Crippen LogP) is 2.65. The lowest BCUT2D eigenvalue weighted by atomic mass is 10.1. The van der Waals surface area contributed by atoms with Crippen LogP contribution in [0.1, 0.15) is 13.8 Å². The molecule has 0 unspecified atom stereocenters. The van der Waals surface area contributed by atoms with Crippen molar-refractivity contribution in [2.45, 2.75) is 19.4 Å². The summed E-state index contributed by atoms with van der Waals surface area (Å²) < 4.78 is 11.5. The maximum Gasteiger partial charge on any atom is 0.269 e. The largest absolute Gasteiger partial charge is 0.474 e. The third-order valence-electron chi connectivity index (χ3n) is 3.43. The topological polar surface area (TPSA) is 111 Å². The highest BCUT2D eigenvalue weighted by atomic mass is 16.6. The molecule has 2 rings (SSSR count). The summed E-state index contributed by atoms with van der Waals surface area (Å²) in [7, 11) is 0. The number of aliphatic hydroxyl groups excluding tert-OH is 1. The quantitative estimate of drug-likeness (QED) is 0.553. The smallest absolute Gasteiger partial charge is 0.269 e. The van der Waals surface area contributed by atoms with Gasteiger partial charge in [0.1, 0.15) is 5.75 Å². The van der Waals surface area contributed by atoms with Gasteiger partial charge in [-0.25, -0.2) is 0 Å². The molecule has 0 aliphatic heterocycles. The Morgan fingerprint density at radius 1 is 1.15 bits per heavy atom. The van der Waals surface area contributed by atoms with Crippen molar-refractivity contribution in [1.82, 2.24) is 5.32 Å². The predicted molar refractivity (Wildman–Crippen MR) is 94.4 cm³/mol. The van der Waals surface area contributed by atoms with Gasteiger partial charge in [-0.05, 0) is 38.1 Å².